The number of hydrogen-bond donors (Lipinski definition) is 1. The van der Waals surface area contributed by atoms with Gasteiger partial charge in [0.25, 0.3) is 5.69 Å². The van der Waals surface area contributed by atoms with Gasteiger partial charge in [0.1, 0.15) is 5.75 Å². The van der Waals surface area contributed by atoms with E-state index in [4.69, 9.17) is 0 Å². The van der Waals surface area contributed by atoms with E-state index < -0.39 is 4.92 Å². The van der Waals surface area contributed by atoms with Crippen LogP contribution in [0.1, 0.15) is 11.1 Å². The molecule has 0 radical (unpaired) electrons. The fourth-order valence-electron chi connectivity index (χ4n) is 1.82. The molecule has 2 aromatic rings. The molecule has 4 heteroatoms. The Morgan fingerprint density at radius 3 is 2.53 bits per heavy atom. The van der Waals surface area contributed by atoms with Crippen molar-refractivity contribution in [3.8, 4) is 5.75 Å². The van der Waals surface area contributed by atoms with Crippen molar-refractivity contribution in [1.82, 2.24) is 0 Å². The lowest BCUT2D eigenvalue weighted by Crippen LogP contribution is -1.94. The molecule has 0 fully saturated rings. The summed E-state index contributed by atoms with van der Waals surface area (Å²) in [5, 5.41) is 20.6. The second-order valence-electron chi connectivity index (χ2n) is 4.05. The van der Waals surface area contributed by atoms with Gasteiger partial charge in [0.15, 0.2) is 0 Å². The number of aromatic hydroxyl groups is 1. The van der Waals surface area contributed by atoms with Gasteiger partial charge in [-0.3, -0.25) is 10.1 Å². The van der Waals surface area contributed by atoms with Crippen molar-refractivity contribution in [2.24, 2.45) is 0 Å². The van der Waals surface area contributed by atoms with Crippen LogP contribution < -0.4 is 0 Å². The molecule has 0 aromatic heterocycles. The van der Waals surface area contributed by atoms with Crippen LogP contribution in [0.25, 0.3) is 6.08 Å². The first-order chi connectivity index (χ1) is 9.18. The van der Waals surface area contributed by atoms with Crippen LogP contribution in [0.15, 0.2) is 54.6 Å². The molecule has 0 aliphatic carbocycles. The normalized spacial score (nSPS) is 10.7. The maximum Gasteiger partial charge on any atom is 0.276 e. The van der Waals surface area contributed by atoms with Crippen LogP contribution >= 0.6 is 0 Å². The topological polar surface area (TPSA) is 63.4 Å². The molecule has 4 nitrogen and oxygen atoms in total. The minimum Gasteiger partial charge on any atom is -0.507 e. The number of allylic oxidation sites excluding steroid dienone is 1. The Morgan fingerprint density at radius 2 is 1.84 bits per heavy atom. The molecular formula is C15H13NO3. The summed E-state index contributed by atoms with van der Waals surface area (Å²) in [6.45, 7) is 0. The Labute approximate surface area is 110 Å². The Hall–Kier alpha value is -2.62. The maximum absolute atomic E-state index is 10.9. The zero-order valence-corrected chi connectivity index (χ0v) is 10.2. The van der Waals surface area contributed by atoms with Crippen LogP contribution in [0.2, 0.25) is 0 Å². The maximum atomic E-state index is 10.9. The van der Waals surface area contributed by atoms with Crippen LogP contribution in [0.3, 0.4) is 0 Å². The van der Waals surface area contributed by atoms with Gasteiger partial charge in [-0.05, 0) is 11.6 Å². The monoisotopic (exact) mass is 255 g/mol. The van der Waals surface area contributed by atoms with E-state index in [0.29, 0.717) is 12.0 Å². The van der Waals surface area contributed by atoms with Crippen LogP contribution in [-0.2, 0) is 6.42 Å². The van der Waals surface area contributed by atoms with Crippen molar-refractivity contribution in [3.63, 3.8) is 0 Å². The van der Waals surface area contributed by atoms with E-state index in [1.165, 1.54) is 18.2 Å². The third kappa shape index (κ3) is 3.19. The second-order valence-corrected chi connectivity index (χ2v) is 4.05. The van der Waals surface area contributed by atoms with Crippen LogP contribution in [0.5, 0.6) is 5.75 Å². The first-order valence-corrected chi connectivity index (χ1v) is 5.85. The molecule has 0 amide bonds. The van der Waals surface area contributed by atoms with Crippen molar-refractivity contribution in [1.29, 1.82) is 0 Å². The summed E-state index contributed by atoms with van der Waals surface area (Å²) < 4.78 is 0. The molecule has 96 valence electrons. The van der Waals surface area contributed by atoms with Gasteiger partial charge in [0, 0.05) is 12.5 Å². The SMILES string of the molecule is O=[N+]([O-])c1cccc(O)c1C/C=C/c1ccccc1. The number of benzene rings is 2. The summed E-state index contributed by atoms with van der Waals surface area (Å²) in [4.78, 5) is 10.4. The number of nitro groups is 1. The number of phenolic OH excluding ortho intramolecular Hbond substituents is 1. The van der Waals surface area contributed by atoms with Crippen molar-refractivity contribution in [2.45, 2.75) is 6.42 Å². The minimum absolute atomic E-state index is 0.0492. The summed E-state index contributed by atoms with van der Waals surface area (Å²) in [6, 6.07) is 14.0. The fraction of sp³-hybridized carbons (Fsp3) is 0.0667. The Balaban J connectivity index is 2.20. The first kappa shape index (κ1) is 12.8. The Bertz CT molecular complexity index is 606. The van der Waals surface area contributed by atoms with E-state index in [2.05, 4.69) is 0 Å². The van der Waals surface area contributed by atoms with Crippen molar-refractivity contribution in [2.75, 3.05) is 0 Å². The molecule has 0 saturated heterocycles. The smallest absolute Gasteiger partial charge is 0.276 e. The van der Waals surface area contributed by atoms with Crippen LogP contribution in [-0.4, -0.2) is 10.0 Å². The molecule has 0 bridgehead atoms. The molecule has 0 aliphatic heterocycles. The third-order valence-electron chi connectivity index (χ3n) is 2.76. The summed E-state index contributed by atoms with van der Waals surface area (Å²) in [7, 11) is 0. The summed E-state index contributed by atoms with van der Waals surface area (Å²) in [5.41, 5.74) is 1.29. The Morgan fingerprint density at radius 1 is 1.11 bits per heavy atom. The lowest BCUT2D eigenvalue weighted by molar-refractivity contribution is -0.385. The highest BCUT2D eigenvalue weighted by atomic mass is 16.6. The van der Waals surface area contributed by atoms with Crippen molar-refractivity contribution in [3.05, 3.63) is 75.8 Å². The lowest BCUT2D eigenvalue weighted by Gasteiger charge is -2.02. The molecule has 19 heavy (non-hydrogen) atoms. The predicted octanol–water partition coefficient (Wildman–Crippen LogP) is 3.56. The average Bonchev–Trinajstić information content (AvgIpc) is 2.41. The van der Waals surface area contributed by atoms with E-state index in [-0.39, 0.29) is 11.4 Å². The van der Waals surface area contributed by atoms with Crippen molar-refractivity contribution < 1.29 is 10.0 Å². The molecule has 0 heterocycles. The van der Waals surface area contributed by atoms with Gasteiger partial charge in [-0.2, -0.15) is 0 Å². The fourth-order valence-corrected chi connectivity index (χ4v) is 1.82. The lowest BCUT2D eigenvalue weighted by atomic mass is 10.1. The largest absolute Gasteiger partial charge is 0.507 e. The summed E-state index contributed by atoms with van der Waals surface area (Å²) in [6.07, 6.45) is 3.99. The van der Waals surface area contributed by atoms with E-state index in [1.807, 2.05) is 36.4 Å². The van der Waals surface area contributed by atoms with E-state index in [1.54, 1.807) is 6.08 Å². The van der Waals surface area contributed by atoms with Gasteiger partial charge in [-0.15, -0.1) is 0 Å². The average molecular weight is 255 g/mol. The molecule has 2 aromatic carbocycles. The van der Waals surface area contributed by atoms with Gasteiger partial charge in [0.05, 0.1) is 10.5 Å². The van der Waals surface area contributed by atoms with Crippen LogP contribution in [0.4, 0.5) is 5.69 Å². The quantitative estimate of drug-likeness (QED) is 0.671. The number of nitrogens with zero attached hydrogens (tertiary/aromatic N) is 1. The Kier molecular flexibility index (Phi) is 3.93. The number of rotatable bonds is 4. The number of hydrogen-bond acceptors (Lipinski definition) is 3. The van der Waals surface area contributed by atoms with Crippen LogP contribution in [0, 0.1) is 10.1 Å². The molecule has 0 saturated carbocycles. The van der Waals surface area contributed by atoms with Gasteiger partial charge in [-0.25, -0.2) is 0 Å². The highest BCUT2D eigenvalue weighted by Crippen LogP contribution is 2.27. The molecule has 0 atom stereocenters. The predicted molar refractivity (Wildman–Crippen MR) is 73.9 cm³/mol. The minimum atomic E-state index is -0.481. The van der Waals surface area contributed by atoms with E-state index in [9.17, 15) is 15.2 Å². The third-order valence-corrected chi connectivity index (χ3v) is 2.76. The number of phenols is 1. The van der Waals surface area contributed by atoms with E-state index in [0.717, 1.165) is 5.56 Å². The second kappa shape index (κ2) is 5.82. The van der Waals surface area contributed by atoms with E-state index >= 15 is 0 Å². The van der Waals surface area contributed by atoms with Gasteiger partial charge in [0.2, 0.25) is 0 Å². The van der Waals surface area contributed by atoms with Gasteiger partial charge >= 0.3 is 0 Å². The number of nitro benzene ring substituents is 1. The van der Waals surface area contributed by atoms with Crippen molar-refractivity contribution >= 4 is 11.8 Å². The zero-order chi connectivity index (χ0) is 13.7. The molecule has 0 spiro atoms. The molecular weight excluding hydrogens is 242 g/mol. The first-order valence-electron chi connectivity index (χ1n) is 5.85. The standard InChI is InChI=1S/C15H13NO3/c17-15-11-5-10-14(16(18)19)13(15)9-4-8-12-6-2-1-3-7-12/h1-8,10-11,17H,9H2/b8-4+. The highest BCUT2D eigenvalue weighted by Gasteiger charge is 2.15. The van der Waals surface area contributed by atoms with Gasteiger partial charge < -0.3 is 5.11 Å². The summed E-state index contributed by atoms with van der Waals surface area (Å²) in [5.74, 6) is -0.0492. The summed E-state index contributed by atoms with van der Waals surface area (Å²) >= 11 is 0. The van der Waals surface area contributed by atoms with Gasteiger partial charge in [-0.1, -0.05) is 48.6 Å². The molecule has 0 aliphatic rings. The molecule has 2 rings (SSSR count). The zero-order valence-electron chi connectivity index (χ0n) is 10.2. The molecule has 1 N–H and O–H groups in total. The highest BCUT2D eigenvalue weighted by molar-refractivity contribution is 5.53. The molecule has 0 unspecified atom stereocenters.